The second-order valence-corrected chi connectivity index (χ2v) is 3.35. The molecule has 1 heterocycles. The van der Waals surface area contributed by atoms with Crippen molar-refractivity contribution >= 4 is 12.1 Å². The van der Waals surface area contributed by atoms with Crippen LogP contribution in [0.25, 0.3) is 0 Å². The predicted molar refractivity (Wildman–Crippen MR) is 56.0 cm³/mol. The van der Waals surface area contributed by atoms with Gasteiger partial charge >= 0.3 is 0 Å². The van der Waals surface area contributed by atoms with E-state index in [0.29, 0.717) is 13.0 Å². The highest BCUT2D eigenvalue weighted by Crippen LogP contribution is 2.14. The van der Waals surface area contributed by atoms with Crippen LogP contribution in [0.15, 0.2) is 24.3 Å². The third-order valence-electron chi connectivity index (χ3n) is 2.28. The third kappa shape index (κ3) is 2.15. The third-order valence-corrected chi connectivity index (χ3v) is 2.28. The number of amides is 1. The van der Waals surface area contributed by atoms with Crippen molar-refractivity contribution in [3.8, 4) is 5.75 Å². The van der Waals surface area contributed by atoms with Crippen LogP contribution in [0.3, 0.4) is 0 Å². The molecule has 1 N–H and O–H groups in total. The molecule has 0 bridgehead atoms. The van der Waals surface area contributed by atoms with Gasteiger partial charge < -0.3 is 4.74 Å². The first-order chi connectivity index (χ1) is 7.29. The van der Waals surface area contributed by atoms with E-state index >= 15 is 0 Å². The van der Waals surface area contributed by atoms with Gasteiger partial charge in [-0.3, -0.25) is 4.79 Å². The minimum Gasteiger partial charge on any atom is -0.496 e. The monoisotopic (exact) mass is 205 g/mol. The molecule has 1 saturated heterocycles. The Hall–Kier alpha value is -1.84. The molecule has 1 amide bonds. The van der Waals surface area contributed by atoms with Gasteiger partial charge in [0.2, 0.25) is 6.21 Å². The lowest BCUT2D eigenvalue weighted by atomic mass is 10.2. The van der Waals surface area contributed by atoms with Crippen molar-refractivity contribution in [2.45, 2.75) is 6.42 Å². The summed E-state index contributed by atoms with van der Waals surface area (Å²) in [6, 6.07) is 7.69. The number of nitrogens with one attached hydrogen (secondary N) is 1. The molecule has 0 aliphatic carbocycles. The van der Waals surface area contributed by atoms with E-state index in [1.165, 1.54) is 0 Å². The topological polar surface area (TPSA) is 41.3 Å². The Balaban J connectivity index is 2.26. The lowest BCUT2D eigenvalue weighted by Gasteiger charge is -2.01. The molecular formula is C11H13N2O2+. The van der Waals surface area contributed by atoms with Crippen molar-refractivity contribution in [1.29, 1.82) is 0 Å². The van der Waals surface area contributed by atoms with Crippen molar-refractivity contribution in [1.82, 2.24) is 5.43 Å². The Bertz CT molecular complexity index is 413. The highest BCUT2D eigenvalue weighted by molar-refractivity contribution is 5.82. The van der Waals surface area contributed by atoms with Crippen molar-refractivity contribution in [3.05, 3.63) is 29.8 Å². The summed E-state index contributed by atoms with van der Waals surface area (Å²) < 4.78 is 6.99. The number of hydrogen-bond donors (Lipinski definition) is 1. The van der Waals surface area contributed by atoms with Gasteiger partial charge in [-0.05, 0) is 12.1 Å². The molecule has 2 rings (SSSR count). The molecule has 15 heavy (non-hydrogen) atoms. The molecule has 1 aromatic rings. The van der Waals surface area contributed by atoms with Crippen molar-refractivity contribution in [2.75, 3.05) is 13.7 Å². The normalized spacial score (nSPS) is 17.9. The van der Waals surface area contributed by atoms with Crippen LogP contribution in [-0.4, -0.2) is 30.5 Å². The van der Waals surface area contributed by atoms with E-state index in [9.17, 15) is 4.79 Å². The summed E-state index contributed by atoms with van der Waals surface area (Å²) in [7, 11) is 1.63. The van der Waals surface area contributed by atoms with Gasteiger partial charge in [0.25, 0.3) is 5.91 Å². The molecule has 1 fully saturated rings. The first-order valence-corrected chi connectivity index (χ1v) is 4.83. The summed E-state index contributed by atoms with van der Waals surface area (Å²) in [6.07, 6.45) is 2.43. The zero-order chi connectivity index (χ0) is 10.7. The molecule has 0 spiro atoms. The van der Waals surface area contributed by atoms with Crippen LogP contribution in [0, 0.1) is 0 Å². The first-order valence-electron chi connectivity index (χ1n) is 4.83. The summed E-state index contributed by atoms with van der Waals surface area (Å²) in [5, 5.41) is 0. The Kier molecular flexibility index (Phi) is 2.67. The highest BCUT2D eigenvalue weighted by Gasteiger charge is 2.21. The molecule has 1 aromatic carbocycles. The van der Waals surface area contributed by atoms with Crippen LogP contribution in [0.1, 0.15) is 12.0 Å². The largest absolute Gasteiger partial charge is 0.496 e. The van der Waals surface area contributed by atoms with E-state index in [0.717, 1.165) is 11.3 Å². The van der Waals surface area contributed by atoms with Crippen molar-refractivity contribution in [2.24, 2.45) is 0 Å². The number of ether oxygens (including phenoxy) is 1. The number of hydrazone groups is 1. The molecule has 4 nitrogen and oxygen atoms in total. The van der Waals surface area contributed by atoms with Crippen LogP contribution in [-0.2, 0) is 4.79 Å². The summed E-state index contributed by atoms with van der Waals surface area (Å²) >= 11 is 0. The number of hydrazine groups is 1. The second-order valence-electron chi connectivity index (χ2n) is 3.35. The molecule has 1 aliphatic heterocycles. The summed E-state index contributed by atoms with van der Waals surface area (Å²) in [5.41, 5.74) is 3.70. The van der Waals surface area contributed by atoms with E-state index in [-0.39, 0.29) is 5.91 Å². The lowest BCUT2D eigenvalue weighted by Crippen LogP contribution is -2.25. The lowest BCUT2D eigenvalue weighted by molar-refractivity contribution is -0.553. The molecule has 0 atom stereocenters. The van der Waals surface area contributed by atoms with Crippen molar-refractivity contribution in [3.63, 3.8) is 0 Å². The smallest absolute Gasteiger partial charge is 0.280 e. The molecule has 0 radical (unpaired) electrons. The van der Waals surface area contributed by atoms with Crippen LogP contribution in [0.4, 0.5) is 0 Å². The van der Waals surface area contributed by atoms with E-state index in [1.807, 2.05) is 30.5 Å². The fraction of sp³-hybridized carbons (Fsp3) is 0.273. The molecule has 1 aliphatic rings. The Morgan fingerprint density at radius 2 is 2.27 bits per heavy atom. The number of carbonyl (C=O) groups is 1. The number of carbonyl (C=O) groups excluding carboxylic acids is 1. The SMILES string of the molecule is COc1ccccc1C=[N+]1CCC(=O)N1. The molecule has 0 saturated carbocycles. The van der Waals surface area contributed by atoms with E-state index < -0.39 is 0 Å². The maximum absolute atomic E-state index is 11.0. The van der Waals surface area contributed by atoms with Crippen LogP contribution >= 0.6 is 0 Å². The van der Waals surface area contributed by atoms with Gasteiger partial charge in [0, 0.05) is 0 Å². The molecule has 0 aromatic heterocycles. The van der Waals surface area contributed by atoms with Gasteiger partial charge in [-0.2, -0.15) is 0 Å². The van der Waals surface area contributed by atoms with Gasteiger partial charge in [0.05, 0.1) is 19.1 Å². The van der Waals surface area contributed by atoms with Gasteiger partial charge in [0.15, 0.2) is 6.54 Å². The van der Waals surface area contributed by atoms with E-state index in [2.05, 4.69) is 5.43 Å². The number of hydrogen-bond acceptors (Lipinski definition) is 2. The maximum atomic E-state index is 11.0. The van der Waals surface area contributed by atoms with Crippen LogP contribution < -0.4 is 10.2 Å². The average molecular weight is 205 g/mol. The molecule has 4 heteroatoms. The van der Waals surface area contributed by atoms with Gasteiger partial charge in [0.1, 0.15) is 5.75 Å². The number of benzene rings is 1. The standard InChI is InChI=1S/C11H12N2O2/c1-15-10-5-3-2-4-9(10)8-13-7-6-11(14)12-13/h2-5,8H,6-7H2,1H3/p+1. The Morgan fingerprint density at radius 1 is 1.47 bits per heavy atom. The second kappa shape index (κ2) is 4.13. The van der Waals surface area contributed by atoms with Crippen LogP contribution in [0.2, 0.25) is 0 Å². The molecular weight excluding hydrogens is 192 g/mol. The number of methoxy groups -OCH3 is 1. The summed E-state index contributed by atoms with van der Waals surface area (Å²) in [4.78, 5) is 11.0. The van der Waals surface area contributed by atoms with Crippen molar-refractivity contribution < 1.29 is 14.2 Å². The fourth-order valence-corrected chi connectivity index (χ4v) is 1.53. The highest BCUT2D eigenvalue weighted by atomic mass is 16.5. The fourth-order valence-electron chi connectivity index (χ4n) is 1.53. The molecule has 78 valence electrons. The summed E-state index contributed by atoms with van der Waals surface area (Å²) in [6.45, 7) is 0.705. The predicted octanol–water partition coefficient (Wildman–Crippen LogP) is 0.561. The van der Waals surface area contributed by atoms with Crippen LogP contribution in [0.5, 0.6) is 5.75 Å². The minimum atomic E-state index is 0.0566. The Morgan fingerprint density at radius 3 is 2.93 bits per heavy atom. The maximum Gasteiger partial charge on any atom is 0.280 e. The zero-order valence-electron chi connectivity index (χ0n) is 8.56. The number of para-hydroxylation sites is 1. The number of nitrogens with zero attached hydrogens (tertiary/aromatic N) is 1. The number of rotatable bonds is 2. The minimum absolute atomic E-state index is 0.0566. The van der Waals surface area contributed by atoms with Gasteiger partial charge in [-0.15, -0.1) is 10.1 Å². The zero-order valence-corrected chi connectivity index (χ0v) is 8.56. The van der Waals surface area contributed by atoms with Gasteiger partial charge in [-0.25, -0.2) is 0 Å². The van der Waals surface area contributed by atoms with E-state index in [4.69, 9.17) is 4.74 Å². The molecule has 0 unspecified atom stereocenters. The summed E-state index contributed by atoms with van der Waals surface area (Å²) in [5.74, 6) is 0.861. The average Bonchev–Trinajstić information content (AvgIpc) is 2.65. The van der Waals surface area contributed by atoms with E-state index in [1.54, 1.807) is 11.8 Å². The quantitative estimate of drug-likeness (QED) is 0.717. The van der Waals surface area contributed by atoms with Gasteiger partial charge in [-0.1, -0.05) is 12.1 Å². The first kappa shape index (κ1) is 9.71. The Labute approximate surface area is 88.2 Å².